The molecule has 0 atom stereocenters. The molecule has 1 aromatic heterocycles. The smallest absolute Gasteiger partial charge is 0.271 e. The van der Waals surface area contributed by atoms with Crippen LogP contribution in [0.1, 0.15) is 24.2 Å². The van der Waals surface area contributed by atoms with Crippen LogP contribution >= 0.6 is 0 Å². The first kappa shape index (κ1) is 11.0. The number of amides is 1. The molecule has 0 aliphatic rings. The average Bonchev–Trinajstić information content (AvgIpc) is 2.26. The summed E-state index contributed by atoms with van der Waals surface area (Å²) in [6, 6.07) is 3.13. The van der Waals surface area contributed by atoms with Crippen LogP contribution in [0.5, 0.6) is 0 Å². The minimum atomic E-state index is -0.363. The first-order chi connectivity index (χ1) is 7.11. The van der Waals surface area contributed by atoms with Crippen molar-refractivity contribution in [1.82, 2.24) is 10.4 Å². The lowest BCUT2D eigenvalue weighted by Crippen LogP contribution is -2.20. The van der Waals surface area contributed by atoms with Gasteiger partial charge >= 0.3 is 0 Å². The van der Waals surface area contributed by atoms with Crippen molar-refractivity contribution >= 4 is 17.4 Å². The van der Waals surface area contributed by atoms with Gasteiger partial charge in [0.15, 0.2) is 5.78 Å². The van der Waals surface area contributed by atoms with Crippen LogP contribution < -0.4 is 5.43 Å². The van der Waals surface area contributed by atoms with Crippen LogP contribution in [-0.2, 0) is 4.79 Å². The van der Waals surface area contributed by atoms with Gasteiger partial charge in [-0.05, 0) is 19.1 Å². The molecule has 0 bridgehead atoms. The van der Waals surface area contributed by atoms with Gasteiger partial charge in [-0.1, -0.05) is 0 Å². The minimum absolute atomic E-state index is 0.176. The van der Waals surface area contributed by atoms with Crippen molar-refractivity contribution in [2.45, 2.75) is 13.8 Å². The highest BCUT2D eigenvalue weighted by atomic mass is 16.2. The first-order valence-electron chi connectivity index (χ1n) is 4.37. The van der Waals surface area contributed by atoms with Crippen molar-refractivity contribution in [1.29, 1.82) is 0 Å². The monoisotopic (exact) mass is 205 g/mol. The molecule has 5 heteroatoms. The van der Waals surface area contributed by atoms with E-state index in [1.807, 2.05) is 0 Å². The number of rotatable bonds is 3. The number of hydrazone groups is 1. The highest BCUT2D eigenvalue weighted by Gasteiger charge is 2.04. The SMILES string of the molecule is CC(=O)/C(C)=N\NC(=O)c1ccncc1. The molecule has 1 amide bonds. The first-order valence-corrected chi connectivity index (χ1v) is 4.37. The number of Topliss-reactive ketones (excluding diaryl/α,β-unsaturated/α-hetero) is 1. The van der Waals surface area contributed by atoms with Gasteiger partial charge < -0.3 is 0 Å². The summed E-state index contributed by atoms with van der Waals surface area (Å²) in [5.74, 6) is -0.539. The zero-order chi connectivity index (χ0) is 11.3. The Morgan fingerprint density at radius 2 is 1.87 bits per heavy atom. The van der Waals surface area contributed by atoms with Gasteiger partial charge in [0.2, 0.25) is 0 Å². The third-order valence-electron chi connectivity index (χ3n) is 1.78. The van der Waals surface area contributed by atoms with Crippen molar-refractivity contribution < 1.29 is 9.59 Å². The molecule has 1 rings (SSSR count). The molecule has 0 saturated heterocycles. The Balaban J connectivity index is 2.66. The minimum Gasteiger partial charge on any atom is -0.293 e. The number of pyridine rings is 1. The second kappa shape index (κ2) is 4.99. The molecule has 0 fully saturated rings. The maximum Gasteiger partial charge on any atom is 0.271 e. The van der Waals surface area contributed by atoms with Crippen LogP contribution in [0.25, 0.3) is 0 Å². The fraction of sp³-hybridized carbons (Fsp3) is 0.200. The standard InChI is InChI=1S/C10H11N3O2/c1-7(8(2)14)12-13-10(15)9-3-5-11-6-4-9/h3-6H,1-2H3,(H,13,15)/b12-7-. The molecule has 15 heavy (non-hydrogen) atoms. The Morgan fingerprint density at radius 1 is 1.27 bits per heavy atom. The topological polar surface area (TPSA) is 71.4 Å². The van der Waals surface area contributed by atoms with Gasteiger partial charge in [-0.25, -0.2) is 5.43 Å². The summed E-state index contributed by atoms with van der Waals surface area (Å²) >= 11 is 0. The molecule has 0 radical (unpaired) electrons. The van der Waals surface area contributed by atoms with Gasteiger partial charge in [-0.15, -0.1) is 0 Å². The van der Waals surface area contributed by atoms with Crippen molar-refractivity contribution in [2.24, 2.45) is 5.10 Å². The molecular formula is C10H11N3O2. The van der Waals surface area contributed by atoms with E-state index in [9.17, 15) is 9.59 Å². The van der Waals surface area contributed by atoms with Gasteiger partial charge in [0.25, 0.3) is 5.91 Å². The number of carbonyl (C=O) groups is 2. The van der Waals surface area contributed by atoms with E-state index < -0.39 is 0 Å². The van der Waals surface area contributed by atoms with Crippen molar-refractivity contribution in [3.8, 4) is 0 Å². The zero-order valence-corrected chi connectivity index (χ0v) is 8.52. The molecule has 1 N–H and O–H groups in total. The van der Waals surface area contributed by atoms with Crippen LogP contribution in [0, 0.1) is 0 Å². The average molecular weight is 205 g/mol. The summed E-state index contributed by atoms with van der Waals surface area (Å²) in [5.41, 5.74) is 2.99. The number of aromatic nitrogens is 1. The number of nitrogens with one attached hydrogen (secondary N) is 1. The summed E-state index contributed by atoms with van der Waals surface area (Å²) in [6.07, 6.45) is 3.02. The maximum absolute atomic E-state index is 11.4. The summed E-state index contributed by atoms with van der Waals surface area (Å²) in [6.45, 7) is 2.92. The van der Waals surface area contributed by atoms with Crippen LogP contribution in [0.3, 0.4) is 0 Å². The van der Waals surface area contributed by atoms with E-state index in [2.05, 4.69) is 15.5 Å². The van der Waals surface area contributed by atoms with E-state index in [4.69, 9.17) is 0 Å². The molecule has 0 aliphatic carbocycles. The van der Waals surface area contributed by atoms with Gasteiger partial charge in [-0.2, -0.15) is 5.10 Å². The van der Waals surface area contributed by atoms with E-state index in [1.165, 1.54) is 26.2 Å². The van der Waals surface area contributed by atoms with Crippen molar-refractivity contribution in [3.63, 3.8) is 0 Å². The maximum atomic E-state index is 11.4. The van der Waals surface area contributed by atoms with Crippen LogP contribution in [0.2, 0.25) is 0 Å². The van der Waals surface area contributed by atoms with Crippen LogP contribution in [-0.4, -0.2) is 22.4 Å². The van der Waals surface area contributed by atoms with E-state index in [-0.39, 0.29) is 17.4 Å². The second-order valence-corrected chi connectivity index (χ2v) is 2.93. The van der Waals surface area contributed by atoms with Crippen LogP contribution in [0.15, 0.2) is 29.6 Å². The Bertz CT molecular complexity index is 398. The molecule has 0 aromatic carbocycles. The molecule has 0 unspecified atom stereocenters. The molecule has 1 aromatic rings. The molecule has 0 spiro atoms. The van der Waals surface area contributed by atoms with E-state index in [0.717, 1.165) is 0 Å². The van der Waals surface area contributed by atoms with Crippen molar-refractivity contribution in [3.05, 3.63) is 30.1 Å². The van der Waals surface area contributed by atoms with E-state index in [1.54, 1.807) is 12.1 Å². The van der Waals surface area contributed by atoms with Crippen LogP contribution in [0.4, 0.5) is 0 Å². The molecular weight excluding hydrogens is 194 g/mol. The third-order valence-corrected chi connectivity index (χ3v) is 1.78. The normalized spacial score (nSPS) is 10.9. The largest absolute Gasteiger partial charge is 0.293 e. The molecule has 1 heterocycles. The van der Waals surface area contributed by atoms with Gasteiger partial charge in [0.05, 0.1) is 0 Å². The van der Waals surface area contributed by atoms with Crippen molar-refractivity contribution in [2.75, 3.05) is 0 Å². The number of nitrogens with zero attached hydrogens (tertiary/aromatic N) is 2. The zero-order valence-electron chi connectivity index (χ0n) is 8.52. The Hall–Kier alpha value is -2.04. The van der Waals surface area contributed by atoms with Gasteiger partial charge in [-0.3, -0.25) is 14.6 Å². The fourth-order valence-corrected chi connectivity index (χ4v) is 0.781. The lowest BCUT2D eigenvalue weighted by molar-refractivity contribution is -0.111. The van der Waals surface area contributed by atoms with E-state index >= 15 is 0 Å². The summed E-state index contributed by atoms with van der Waals surface area (Å²) in [7, 11) is 0. The lowest BCUT2D eigenvalue weighted by Gasteiger charge is -1.99. The Morgan fingerprint density at radius 3 is 2.40 bits per heavy atom. The molecule has 78 valence electrons. The second-order valence-electron chi connectivity index (χ2n) is 2.93. The number of hydrogen-bond donors (Lipinski definition) is 1. The Labute approximate surface area is 87.2 Å². The number of ketones is 1. The van der Waals surface area contributed by atoms with Gasteiger partial charge in [0.1, 0.15) is 5.71 Å². The fourth-order valence-electron chi connectivity index (χ4n) is 0.781. The number of hydrogen-bond acceptors (Lipinski definition) is 4. The summed E-state index contributed by atoms with van der Waals surface area (Å²) in [4.78, 5) is 26.0. The quantitative estimate of drug-likeness (QED) is 0.585. The van der Waals surface area contributed by atoms with Gasteiger partial charge in [0, 0.05) is 24.9 Å². The number of carbonyl (C=O) groups excluding carboxylic acids is 2. The highest BCUT2D eigenvalue weighted by Crippen LogP contribution is 1.95. The predicted octanol–water partition coefficient (Wildman–Crippen LogP) is 0.776. The van der Waals surface area contributed by atoms with E-state index in [0.29, 0.717) is 5.56 Å². The molecule has 0 aliphatic heterocycles. The molecule has 0 saturated carbocycles. The summed E-state index contributed by atoms with van der Waals surface area (Å²) < 4.78 is 0. The third kappa shape index (κ3) is 3.30. The molecule has 5 nitrogen and oxygen atoms in total. The Kier molecular flexibility index (Phi) is 3.68. The highest BCUT2D eigenvalue weighted by molar-refractivity contribution is 6.38. The summed E-state index contributed by atoms with van der Waals surface area (Å²) in [5, 5.41) is 3.65. The predicted molar refractivity (Wildman–Crippen MR) is 55.5 cm³/mol. The lowest BCUT2D eigenvalue weighted by atomic mass is 10.2.